The number of nitrogens with one attached hydrogen (secondary N) is 1. The minimum atomic E-state index is -0.230. The van der Waals surface area contributed by atoms with Gasteiger partial charge in [0.15, 0.2) is 0 Å². The molecule has 1 rings (SSSR count). The fourth-order valence-electron chi connectivity index (χ4n) is 2.04. The monoisotopic (exact) mass is 374 g/mol. The van der Waals surface area contributed by atoms with Gasteiger partial charge in [-0.1, -0.05) is 11.6 Å². The van der Waals surface area contributed by atoms with Gasteiger partial charge in [0.25, 0.3) is 0 Å². The third-order valence-electron chi connectivity index (χ3n) is 3.32. The second-order valence-electron chi connectivity index (χ2n) is 4.79. The predicted molar refractivity (Wildman–Crippen MR) is 98.4 cm³/mol. The van der Waals surface area contributed by atoms with Gasteiger partial charge < -0.3 is 19.7 Å². The van der Waals surface area contributed by atoms with E-state index in [1.807, 2.05) is 13.8 Å². The van der Waals surface area contributed by atoms with Gasteiger partial charge in [-0.05, 0) is 19.9 Å². The lowest BCUT2D eigenvalue weighted by molar-refractivity contribution is -0.127. The molecular weight excluding hydrogens is 352 g/mol. The molecule has 0 atom stereocenters. The van der Waals surface area contributed by atoms with E-state index in [0.717, 1.165) is 0 Å². The maximum Gasteiger partial charge on any atom is 0.234 e. The highest BCUT2D eigenvalue weighted by atomic mass is 35.5. The summed E-state index contributed by atoms with van der Waals surface area (Å²) in [4.78, 5) is 25.7. The van der Waals surface area contributed by atoms with Crippen LogP contribution in [0.4, 0.5) is 5.69 Å². The maximum atomic E-state index is 12.1. The first-order valence-electron chi connectivity index (χ1n) is 7.53. The van der Waals surface area contributed by atoms with E-state index in [0.29, 0.717) is 35.3 Å². The Balaban J connectivity index is 2.59. The van der Waals surface area contributed by atoms with Crippen molar-refractivity contribution in [1.82, 2.24) is 4.90 Å². The van der Waals surface area contributed by atoms with E-state index in [1.54, 1.807) is 17.0 Å². The van der Waals surface area contributed by atoms with Gasteiger partial charge in [0.2, 0.25) is 11.8 Å². The molecule has 1 aromatic carbocycles. The molecule has 6 nitrogen and oxygen atoms in total. The van der Waals surface area contributed by atoms with Crippen molar-refractivity contribution in [2.45, 2.75) is 13.8 Å². The van der Waals surface area contributed by atoms with Crippen LogP contribution in [0.25, 0.3) is 0 Å². The third-order valence-corrected chi connectivity index (χ3v) is 4.54. The number of methoxy groups -OCH3 is 2. The van der Waals surface area contributed by atoms with Gasteiger partial charge in [-0.2, -0.15) is 0 Å². The number of hydrogen-bond donors (Lipinski definition) is 1. The number of halogens is 1. The maximum absolute atomic E-state index is 12.1. The highest BCUT2D eigenvalue weighted by Crippen LogP contribution is 2.35. The molecule has 0 aromatic heterocycles. The Bertz CT molecular complexity index is 579. The minimum absolute atomic E-state index is 0.0304. The second-order valence-corrected chi connectivity index (χ2v) is 6.19. The number of thioether (sulfide) groups is 1. The van der Waals surface area contributed by atoms with E-state index in [1.165, 1.54) is 26.0 Å². The molecule has 1 aromatic rings. The number of amides is 2. The molecule has 0 saturated heterocycles. The first kappa shape index (κ1) is 20.4. The number of benzene rings is 1. The van der Waals surface area contributed by atoms with Crippen LogP contribution >= 0.6 is 23.4 Å². The molecule has 0 unspecified atom stereocenters. The Hall–Kier alpha value is -1.60. The number of rotatable bonds is 9. The molecule has 0 fully saturated rings. The van der Waals surface area contributed by atoms with Crippen LogP contribution in [0.15, 0.2) is 12.1 Å². The highest BCUT2D eigenvalue weighted by Gasteiger charge is 2.14. The van der Waals surface area contributed by atoms with Crippen molar-refractivity contribution in [3.05, 3.63) is 17.2 Å². The van der Waals surface area contributed by atoms with Crippen molar-refractivity contribution in [3.63, 3.8) is 0 Å². The molecule has 2 amide bonds. The van der Waals surface area contributed by atoms with Crippen molar-refractivity contribution in [2.24, 2.45) is 0 Å². The van der Waals surface area contributed by atoms with Gasteiger partial charge >= 0.3 is 0 Å². The van der Waals surface area contributed by atoms with Crippen LogP contribution in [0.2, 0.25) is 5.02 Å². The average Bonchev–Trinajstić information content (AvgIpc) is 2.56. The molecule has 0 aliphatic rings. The number of carbonyl (C=O) groups excluding carboxylic acids is 2. The van der Waals surface area contributed by atoms with Gasteiger partial charge in [-0.15, -0.1) is 11.8 Å². The number of hydrogen-bond acceptors (Lipinski definition) is 5. The molecule has 134 valence electrons. The fraction of sp³-hybridized carbons (Fsp3) is 0.500. The topological polar surface area (TPSA) is 67.9 Å². The smallest absolute Gasteiger partial charge is 0.234 e. The molecule has 0 radical (unpaired) electrons. The predicted octanol–water partition coefficient (Wildman–Crippen LogP) is 2.90. The zero-order valence-corrected chi connectivity index (χ0v) is 15.9. The lowest BCUT2D eigenvalue weighted by Crippen LogP contribution is -2.32. The molecule has 1 N–H and O–H groups in total. The quantitative estimate of drug-likeness (QED) is 0.719. The molecule has 8 heteroatoms. The largest absolute Gasteiger partial charge is 0.495 e. The number of nitrogens with zero attached hydrogens (tertiary/aromatic N) is 1. The van der Waals surface area contributed by atoms with Crippen LogP contribution in [0.3, 0.4) is 0 Å². The zero-order valence-electron chi connectivity index (χ0n) is 14.3. The van der Waals surface area contributed by atoms with Crippen LogP contribution in [0.5, 0.6) is 11.5 Å². The van der Waals surface area contributed by atoms with Crippen LogP contribution < -0.4 is 14.8 Å². The molecule has 0 heterocycles. The van der Waals surface area contributed by atoms with Gasteiger partial charge in [-0.3, -0.25) is 9.59 Å². The van der Waals surface area contributed by atoms with Gasteiger partial charge in [0.1, 0.15) is 11.5 Å². The van der Waals surface area contributed by atoms with Crippen molar-refractivity contribution >= 4 is 40.9 Å². The van der Waals surface area contributed by atoms with E-state index < -0.39 is 0 Å². The van der Waals surface area contributed by atoms with E-state index in [-0.39, 0.29) is 23.3 Å². The summed E-state index contributed by atoms with van der Waals surface area (Å²) in [7, 11) is 3.00. The van der Waals surface area contributed by atoms with Crippen molar-refractivity contribution in [3.8, 4) is 11.5 Å². The molecule has 24 heavy (non-hydrogen) atoms. The lowest BCUT2D eigenvalue weighted by atomic mass is 10.2. The standard InChI is InChI=1S/C16H23ClN2O4S/c1-5-19(6-2)16(21)10-24-9-15(20)18-12-7-11(17)13(22-3)8-14(12)23-4/h7-8H,5-6,9-10H2,1-4H3,(H,18,20). The molecule has 0 aliphatic carbocycles. The summed E-state index contributed by atoms with van der Waals surface area (Å²) in [5.41, 5.74) is 0.462. The molecule has 0 saturated carbocycles. The lowest BCUT2D eigenvalue weighted by Gasteiger charge is -2.18. The third kappa shape index (κ3) is 5.79. The number of ether oxygens (including phenoxy) is 2. The Labute approximate surface area is 151 Å². The normalized spacial score (nSPS) is 10.2. The Kier molecular flexibility index (Phi) is 8.78. The van der Waals surface area contributed by atoms with Crippen LogP contribution in [-0.2, 0) is 9.59 Å². The van der Waals surface area contributed by atoms with Crippen LogP contribution in [0.1, 0.15) is 13.8 Å². The summed E-state index contributed by atoms with van der Waals surface area (Å²) >= 11 is 7.34. The first-order valence-corrected chi connectivity index (χ1v) is 9.06. The van der Waals surface area contributed by atoms with Crippen molar-refractivity contribution in [1.29, 1.82) is 0 Å². The van der Waals surface area contributed by atoms with Crippen LogP contribution in [0, 0.1) is 0 Å². The highest BCUT2D eigenvalue weighted by molar-refractivity contribution is 8.00. The molecule has 0 aliphatic heterocycles. The average molecular weight is 375 g/mol. The van der Waals surface area contributed by atoms with Crippen LogP contribution in [-0.4, -0.2) is 55.5 Å². The summed E-state index contributed by atoms with van der Waals surface area (Å²) in [6, 6.07) is 3.18. The van der Waals surface area contributed by atoms with E-state index in [2.05, 4.69) is 5.32 Å². The molecule has 0 spiro atoms. The van der Waals surface area contributed by atoms with E-state index in [4.69, 9.17) is 21.1 Å². The second kappa shape index (κ2) is 10.3. The van der Waals surface area contributed by atoms with Crippen molar-refractivity contribution in [2.75, 3.05) is 44.1 Å². The minimum Gasteiger partial charge on any atom is -0.495 e. The van der Waals surface area contributed by atoms with Crippen molar-refractivity contribution < 1.29 is 19.1 Å². The summed E-state index contributed by atoms with van der Waals surface area (Å²) in [6.07, 6.45) is 0. The summed E-state index contributed by atoms with van der Waals surface area (Å²) in [6.45, 7) is 5.20. The number of anilines is 1. The van der Waals surface area contributed by atoms with Gasteiger partial charge in [0.05, 0.1) is 36.4 Å². The van der Waals surface area contributed by atoms with E-state index >= 15 is 0 Å². The van der Waals surface area contributed by atoms with Gasteiger partial charge in [0, 0.05) is 19.2 Å². The summed E-state index contributed by atoms with van der Waals surface area (Å²) < 4.78 is 10.3. The Morgan fingerprint density at radius 1 is 1.12 bits per heavy atom. The Morgan fingerprint density at radius 2 is 1.75 bits per heavy atom. The van der Waals surface area contributed by atoms with Gasteiger partial charge in [-0.25, -0.2) is 0 Å². The zero-order chi connectivity index (χ0) is 18.1. The summed E-state index contributed by atoms with van der Waals surface area (Å²) in [5.74, 6) is 1.16. The summed E-state index contributed by atoms with van der Waals surface area (Å²) in [5, 5.41) is 3.11. The number of carbonyl (C=O) groups is 2. The molecule has 0 bridgehead atoms. The SMILES string of the molecule is CCN(CC)C(=O)CSCC(=O)Nc1cc(Cl)c(OC)cc1OC. The van der Waals surface area contributed by atoms with E-state index in [9.17, 15) is 9.59 Å². The fourth-order valence-corrected chi connectivity index (χ4v) is 3.00. The molecular formula is C16H23ClN2O4S. The first-order chi connectivity index (χ1) is 11.5. The Morgan fingerprint density at radius 3 is 2.29 bits per heavy atom.